The highest BCUT2D eigenvalue weighted by Gasteiger charge is 2.28. The van der Waals surface area contributed by atoms with Gasteiger partial charge in [-0.15, -0.1) is 10.2 Å². The number of hydrogen-bond acceptors (Lipinski definition) is 6. The zero-order valence-corrected chi connectivity index (χ0v) is 11.0. The second-order valence-electron chi connectivity index (χ2n) is 5.05. The Morgan fingerprint density at radius 1 is 1.42 bits per heavy atom. The van der Waals surface area contributed by atoms with Gasteiger partial charge in [-0.3, -0.25) is 4.79 Å². The van der Waals surface area contributed by atoms with Gasteiger partial charge in [-0.2, -0.15) is 0 Å². The number of hydrazine groups is 1. The van der Waals surface area contributed by atoms with E-state index in [9.17, 15) is 4.79 Å². The first kappa shape index (κ1) is 13.7. The zero-order chi connectivity index (χ0) is 13.7. The van der Waals surface area contributed by atoms with Crippen molar-refractivity contribution >= 4 is 11.7 Å². The largest absolute Gasteiger partial charge is 0.381 e. The van der Waals surface area contributed by atoms with Crippen LogP contribution in [0.4, 0.5) is 5.82 Å². The van der Waals surface area contributed by atoms with Crippen LogP contribution < -0.4 is 16.6 Å². The molecule has 2 heterocycles. The molecule has 4 N–H and O–H groups in total. The third kappa shape index (κ3) is 3.62. The minimum atomic E-state index is -0.219. The van der Waals surface area contributed by atoms with Crippen LogP contribution in [0.25, 0.3) is 0 Å². The van der Waals surface area contributed by atoms with Gasteiger partial charge in [-0.1, -0.05) is 6.92 Å². The van der Waals surface area contributed by atoms with Crippen molar-refractivity contribution in [1.82, 2.24) is 15.5 Å². The number of nitrogens with two attached hydrogens (primary N) is 1. The molecule has 0 aromatic carbocycles. The number of aromatic nitrogens is 2. The van der Waals surface area contributed by atoms with E-state index in [1.54, 1.807) is 12.1 Å². The zero-order valence-electron chi connectivity index (χ0n) is 11.0. The molecule has 19 heavy (non-hydrogen) atoms. The van der Waals surface area contributed by atoms with Crippen LogP contribution in [-0.2, 0) is 4.74 Å². The van der Waals surface area contributed by atoms with Gasteiger partial charge in [0.05, 0.1) is 0 Å². The molecule has 0 bridgehead atoms. The number of carbonyl (C=O) groups excluding carboxylic acids is 1. The molecule has 0 atom stereocenters. The Morgan fingerprint density at radius 3 is 2.74 bits per heavy atom. The molecule has 104 valence electrons. The van der Waals surface area contributed by atoms with E-state index in [2.05, 4.69) is 27.9 Å². The SMILES string of the molecule is CC1(CNC(=O)c2ccc(NN)nn2)CCOCC1. The summed E-state index contributed by atoms with van der Waals surface area (Å²) in [6.45, 7) is 4.28. The Labute approximate surface area is 111 Å². The number of hydrogen-bond donors (Lipinski definition) is 3. The van der Waals surface area contributed by atoms with E-state index in [4.69, 9.17) is 10.6 Å². The lowest BCUT2D eigenvalue weighted by atomic mass is 9.82. The molecular weight excluding hydrogens is 246 g/mol. The lowest BCUT2D eigenvalue weighted by Gasteiger charge is -2.33. The number of nitrogens with zero attached hydrogens (tertiary/aromatic N) is 2. The molecule has 2 rings (SSSR count). The minimum Gasteiger partial charge on any atom is -0.381 e. The second-order valence-corrected chi connectivity index (χ2v) is 5.05. The summed E-state index contributed by atoms with van der Waals surface area (Å²) >= 11 is 0. The van der Waals surface area contributed by atoms with Crippen molar-refractivity contribution in [3.05, 3.63) is 17.8 Å². The van der Waals surface area contributed by atoms with Gasteiger partial charge in [0.1, 0.15) is 0 Å². The molecule has 0 radical (unpaired) electrons. The minimum absolute atomic E-state index is 0.0973. The quantitative estimate of drug-likeness (QED) is 0.535. The summed E-state index contributed by atoms with van der Waals surface area (Å²) in [5.74, 6) is 5.39. The van der Waals surface area contributed by atoms with Crippen molar-refractivity contribution in [1.29, 1.82) is 0 Å². The van der Waals surface area contributed by atoms with E-state index in [1.165, 1.54) is 0 Å². The summed E-state index contributed by atoms with van der Waals surface area (Å²) in [7, 11) is 0. The van der Waals surface area contributed by atoms with Crippen molar-refractivity contribution in [2.75, 3.05) is 25.2 Å². The van der Waals surface area contributed by atoms with Gasteiger partial charge in [-0.05, 0) is 30.4 Å². The first-order valence-electron chi connectivity index (χ1n) is 6.29. The molecule has 1 saturated heterocycles. The lowest BCUT2D eigenvalue weighted by molar-refractivity contribution is 0.0238. The van der Waals surface area contributed by atoms with Crippen molar-refractivity contribution in [3.8, 4) is 0 Å². The van der Waals surface area contributed by atoms with Crippen LogP contribution in [0.15, 0.2) is 12.1 Å². The lowest BCUT2D eigenvalue weighted by Crippen LogP contribution is -2.39. The molecule has 1 aromatic heterocycles. The first-order chi connectivity index (χ1) is 9.13. The van der Waals surface area contributed by atoms with Crippen molar-refractivity contribution in [2.45, 2.75) is 19.8 Å². The number of amides is 1. The van der Waals surface area contributed by atoms with Gasteiger partial charge in [0, 0.05) is 19.8 Å². The molecule has 1 aliphatic rings. The summed E-state index contributed by atoms with van der Waals surface area (Å²) in [5, 5.41) is 10.5. The van der Waals surface area contributed by atoms with Gasteiger partial charge in [0.2, 0.25) is 0 Å². The number of ether oxygens (including phenoxy) is 1. The van der Waals surface area contributed by atoms with Crippen LogP contribution in [0.5, 0.6) is 0 Å². The Bertz CT molecular complexity index is 428. The van der Waals surface area contributed by atoms with Crippen LogP contribution >= 0.6 is 0 Å². The van der Waals surface area contributed by atoms with Crippen LogP contribution in [-0.4, -0.2) is 35.9 Å². The molecule has 7 heteroatoms. The highest BCUT2D eigenvalue weighted by Crippen LogP contribution is 2.28. The molecule has 1 fully saturated rings. The molecule has 1 aromatic rings. The Balaban J connectivity index is 1.89. The third-order valence-corrected chi connectivity index (χ3v) is 3.42. The summed E-state index contributed by atoms with van der Waals surface area (Å²) < 4.78 is 5.33. The number of anilines is 1. The number of rotatable bonds is 4. The number of nitrogen functional groups attached to an aromatic ring is 1. The fourth-order valence-corrected chi connectivity index (χ4v) is 1.96. The third-order valence-electron chi connectivity index (χ3n) is 3.42. The monoisotopic (exact) mass is 265 g/mol. The predicted molar refractivity (Wildman–Crippen MR) is 70.3 cm³/mol. The maximum atomic E-state index is 11.9. The van der Waals surface area contributed by atoms with Crippen LogP contribution in [0.2, 0.25) is 0 Å². The average Bonchev–Trinajstić information content (AvgIpc) is 2.46. The van der Waals surface area contributed by atoms with Gasteiger partial charge >= 0.3 is 0 Å². The Hall–Kier alpha value is -1.73. The van der Waals surface area contributed by atoms with Crippen LogP contribution in [0.3, 0.4) is 0 Å². The highest BCUT2D eigenvalue weighted by atomic mass is 16.5. The maximum absolute atomic E-state index is 11.9. The summed E-state index contributed by atoms with van der Waals surface area (Å²) in [6.07, 6.45) is 1.91. The fraction of sp³-hybridized carbons (Fsp3) is 0.583. The van der Waals surface area contributed by atoms with Crippen molar-refractivity contribution < 1.29 is 9.53 Å². The molecule has 1 amide bonds. The van der Waals surface area contributed by atoms with Crippen molar-refractivity contribution in [3.63, 3.8) is 0 Å². The van der Waals surface area contributed by atoms with E-state index >= 15 is 0 Å². The van der Waals surface area contributed by atoms with Gasteiger partial charge in [0.25, 0.3) is 5.91 Å². The second kappa shape index (κ2) is 5.94. The Kier molecular flexibility index (Phi) is 4.28. The van der Waals surface area contributed by atoms with Gasteiger partial charge in [0.15, 0.2) is 11.5 Å². The van der Waals surface area contributed by atoms with E-state index in [0.717, 1.165) is 26.1 Å². The van der Waals surface area contributed by atoms with E-state index in [-0.39, 0.29) is 17.0 Å². The van der Waals surface area contributed by atoms with Crippen LogP contribution in [0, 0.1) is 5.41 Å². The summed E-state index contributed by atoms with van der Waals surface area (Å²) in [5.41, 5.74) is 2.75. The smallest absolute Gasteiger partial charge is 0.271 e. The van der Waals surface area contributed by atoms with Gasteiger partial charge in [-0.25, -0.2) is 5.84 Å². The average molecular weight is 265 g/mol. The normalized spacial score (nSPS) is 17.8. The van der Waals surface area contributed by atoms with Crippen molar-refractivity contribution in [2.24, 2.45) is 11.3 Å². The molecular formula is C12H19N5O2. The van der Waals surface area contributed by atoms with E-state index in [0.29, 0.717) is 12.4 Å². The van der Waals surface area contributed by atoms with Gasteiger partial charge < -0.3 is 15.5 Å². The fourth-order valence-electron chi connectivity index (χ4n) is 1.96. The maximum Gasteiger partial charge on any atom is 0.271 e. The number of nitrogens with one attached hydrogen (secondary N) is 2. The topological polar surface area (TPSA) is 102 Å². The molecule has 0 saturated carbocycles. The standard InChI is InChI=1S/C12H19N5O2/c1-12(4-6-19-7-5-12)8-14-11(18)9-2-3-10(15-13)17-16-9/h2-3H,4-8,13H2,1H3,(H,14,18)(H,15,17). The summed E-state index contributed by atoms with van der Waals surface area (Å²) in [4.78, 5) is 11.9. The molecule has 7 nitrogen and oxygen atoms in total. The van der Waals surface area contributed by atoms with E-state index in [1.807, 2.05) is 0 Å². The number of carbonyl (C=O) groups is 1. The van der Waals surface area contributed by atoms with E-state index < -0.39 is 0 Å². The predicted octanol–water partition coefficient (Wildman–Crippen LogP) is 0.309. The highest BCUT2D eigenvalue weighted by molar-refractivity contribution is 5.92. The van der Waals surface area contributed by atoms with Crippen LogP contribution in [0.1, 0.15) is 30.3 Å². The molecule has 0 aliphatic carbocycles. The Morgan fingerprint density at radius 2 is 2.16 bits per heavy atom. The first-order valence-corrected chi connectivity index (χ1v) is 6.29. The molecule has 0 spiro atoms. The molecule has 0 unspecified atom stereocenters. The summed E-state index contributed by atoms with van der Waals surface area (Å²) in [6, 6.07) is 3.20. The molecule has 1 aliphatic heterocycles.